The number of hydrazine groups is 1. The molecule has 45 heavy (non-hydrogen) atoms. The molecule has 1 aromatic rings. The van der Waals surface area contributed by atoms with E-state index >= 15 is 0 Å². The number of hydrogen-bond donors (Lipinski definition) is 2. The Bertz CT molecular complexity index is 964. The van der Waals surface area contributed by atoms with E-state index in [0.29, 0.717) is 13.1 Å². The average Bonchev–Trinajstić information content (AvgIpc) is 3.50. The van der Waals surface area contributed by atoms with Crippen LogP contribution in [0.3, 0.4) is 0 Å². The summed E-state index contributed by atoms with van der Waals surface area (Å²) in [6.45, 7) is 7.06. The first-order valence-electron chi connectivity index (χ1n) is 17.3. The smallest absolute Gasteiger partial charge is 0.421 e. The summed E-state index contributed by atoms with van der Waals surface area (Å²) < 4.78 is 23.6. The second-order valence-electron chi connectivity index (χ2n) is 11.8. The molecule has 0 bridgehead atoms. The van der Waals surface area contributed by atoms with Crippen LogP contribution in [0.15, 0.2) is 24.4 Å². The van der Waals surface area contributed by atoms with Gasteiger partial charge in [0, 0.05) is 25.6 Å². The van der Waals surface area contributed by atoms with E-state index in [2.05, 4.69) is 17.8 Å². The predicted molar refractivity (Wildman–Crippen MR) is 172 cm³/mol. The van der Waals surface area contributed by atoms with Gasteiger partial charge < -0.3 is 18.9 Å². The number of aromatic nitrogens is 1. The van der Waals surface area contributed by atoms with Crippen molar-refractivity contribution < 1.29 is 37.9 Å². The Morgan fingerprint density at radius 2 is 1.49 bits per heavy atom. The molecule has 0 saturated carbocycles. The molecule has 2 atom stereocenters. The van der Waals surface area contributed by atoms with Crippen molar-refractivity contribution in [1.29, 1.82) is 0 Å². The van der Waals surface area contributed by atoms with Gasteiger partial charge in [-0.3, -0.25) is 10.2 Å². The summed E-state index contributed by atoms with van der Waals surface area (Å²) in [5.74, 6) is -0.426. The number of nitrogens with one attached hydrogen (secondary N) is 2. The molecular weight excluding hydrogens is 576 g/mol. The number of amides is 3. The highest BCUT2D eigenvalue weighted by atomic mass is 16.7. The lowest BCUT2D eigenvalue weighted by atomic mass is 10.0. The van der Waals surface area contributed by atoms with Crippen LogP contribution in [0.1, 0.15) is 123 Å². The van der Waals surface area contributed by atoms with E-state index in [-0.39, 0.29) is 26.4 Å². The predicted octanol–water partition coefficient (Wildman–Crippen LogP) is 6.32. The molecular formula is C34H59N4O7+. The topological polar surface area (TPSA) is 119 Å². The number of ether oxygens (including phenoxy) is 4. The first-order valence-corrected chi connectivity index (χ1v) is 17.3. The van der Waals surface area contributed by atoms with Gasteiger partial charge in [0.25, 0.3) is 0 Å². The molecule has 2 unspecified atom stereocenters. The van der Waals surface area contributed by atoms with Crippen LogP contribution in [0, 0.1) is 0 Å². The molecule has 2 rings (SSSR count). The van der Waals surface area contributed by atoms with Crippen LogP contribution in [-0.2, 0) is 36.8 Å². The van der Waals surface area contributed by atoms with Gasteiger partial charge in [-0.1, -0.05) is 103 Å². The standard InChI is InChI=1S/C34H58N4O7/c1-4-6-7-8-9-10-11-12-13-14-15-16-17-18-20-23-35-36-33(40)43-27-31-26-42-32(45-31)28-44-34(41)38(29(3)39)25-30-22-19-21-24-37(30)5-2/h19,21-22,24,31-32,35H,4-18,20,23,25-28H2,1-3H3/p+1. The van der Waals surface area contributed by atoms with Crippen molar-refractivity contribution in [2.75, 3.05) is 26.4 Å². The van der Waals surface area contributed by atoms with Gasteiger partial charge in [0.05, 0.1) is 6.61 Å². The molecule has 2 heterocycles. The van der Waals surface area contributed by atoms with Crippen molar-refractivity contribution in [3.8, 4) is 0 Å². The number of carbonyl (C=O) groups is 3. The Morgan fingerprint density at radius 1 is 0.867 bits per heavy atom. The number of rotatable bonds is 24. The van der Waals surface area contributed by atoms with Crippen LogP contribution < -0.4 is 15.4 Å². The second kappa shape index (κ2) is 24.5. The fourth-order valence-electron chi connectivity index (χ4n) is 5.25. The highest BCUT2D eigenvalue weighted by molar-refractivity contribution is 5.90. The molecule has 3 amide bonds. The molecule has 11 heteroatoms. The maximum Gasteiger partial charge on any atom is 0.421 e. The van der Waals surface area contributed by atoms with E-state index in [0.717, 1.165) is 23.4 Å². The number of aryl methyl sites for hydroxylation is 1. The van der Waals surface area contributed by atoms with Gasteiger partial charge in [0.1, 0.15) is 32.4 Å². The fraction of sp³-hybridized carbons (Fsp3) is 0.765. The maximum absolute atomic E-state index is 12.6. The molecule has 1 aliphatic rings. The van der Waals surface area contributed by atoms with E-state index in [1.807, 2.05) is 35.9 Å². The van der Waals surface area contributed by atoms with Crippen molar-refractivity contribution in [3.05, 3.63) is 30.1 Å². The number of carbonyl (C=O) groups excluding carboxylic acids is 3. The normalized spacial score (nSPS) is 16.0. The largest absolute Gasteiger partial charge is 0.446 e. The van der Waals surface area contributed by atoms with Crippen LogP contribution in [0.2, 0.25) is 0 Å². The molecule has 1 fully saturated rings. The molecule has 11 nitrogen and oxygen atoms in total. The SMILES string of the molecule is CCCCCCCCCCCCCCCCCNNC(=O)OCC1COC(COC(=O)N(Cc2cccc[n+]2CC)C(C)=O)O1. The van der Waals surface area contributed by atoms with Gasteiger partial charge in [-0.15, -0.1) is 0 Å². The minimum atomic E-state index is -0.806. The lowest BCUT2D eigenvalue weighted by molar-refractivity contribution is -0.701. The molecule has 1 saturated heterocycles. The first-order chi connectivity index (χ1) is 21.9. The number of pyridine rings is 1. The van der Waals surface area contributed by atoms with Crippen molar-refractivity contribution >= 4 is 18.1 Å². The Hall–Kier alpha value is -2.76. The maximum atomic E-state index is 12.6. The molecule has 0 aromatic carbocycles. The number of nitrogens with zero attached hydrogens (tertiary/aromatic N) is 2. The highest BCUT2D eigenvalue weighted by Crippen LogP contribution is 2.15. The number of unbranched alkanes of at least 4 members (excludes halogenated alkanes) is 14. The lowest BCUT2D eigenvalue weighted by Gasteiger charge is -2.19. The third kappa shape index (κ3) is 17.5. The monoisotopic (exact) mass is 635 g/mol. The Kier molecular flexibility index (Phi) is 20.9. The van der Waals surface area contributed by atoms with Crippen molar-refractivity contribution in [1.82, 2.24) is 15.8 Å². The summed E-state index contributed by atoms with van der Waals surface area (Å²) in [4.78, 5) is 37.8. The second-order valence-corrected chi connectivity index (χ2v) is 11.8. The van der Waals surface area contributed by atoms with Gasteiger partial charge in [0.2, 0.25) is 11.6 Å². The van der Waals surface area contributed by atoms with E-state index in [1.54, 1.807) is 0 Å². The number of imide groups is 1. The summed E-state index contributed by atoms with van der Waals surface area (Å²) in [5, 5.41) is 0. The minimum absolute atomic E-state index is 0.00150. The van der Waals surface area contributed by atoms with Crippen molar-refractivity contribution in [3.63, 3.8) is 0 Å². The van der Waals surface area contributed by atoms with E-state index in [4.69, 9.17) is 18.9 Å². The zero-order chi connectivity index (χ0) is 32.5. The molecule has 2 N–H and O–H groups in total. The van der Waals surface area contributed by atoms with E-state index in [9.17, 15) is 14.4 Å². The van der Waals surface area contributed by atoms with Crippen LogP contribution in [0.25, 0.3) is 0 Å². The van der Waals surface area contributed by atoms with Crippen LogP contribution in [-0.4, -0.2) is 61.8 Å². The van der Waals surface area contributed by atoms with E-state index in [1.165, 1.54) is 90.4 Å². The first kappa shape index (κ1) is 38.4. The van der Waals surface area contributed by atoms with Gasteiger partial charge in [-0.25, -0.2) is 24.5 Å². The third-order valence-electron chi connectivity index (χ3n) is 7.95. The Morgan fingerprint density at radius 3 is 2.09 bits per heavy atom. The zero-order valence-electron chi connectivity index (χ0n) is 28.1. The van der Waals surface area contributed by atoms with Crippen LogP contribution >= 0.6 is 0 Å². The summed E-state index contributed by atoms with van der Waals surface area (Å²) in [6.07, 6.45) is 19.0. The molecule has 0 aliphatic carbocycles. The van der Waals surface area contributed by atoms with Crippen molar-refractivity contribution in [2.24, 2.45) is 0 Å². The van der Waals surface area contributed by atoms with E-state index < -0.39 is 30.5 Å². The number of hydrogen-bond acceptors (Lipinski definition) is 8. The summed E-state index contributed by atoms with van der Waals surface area (Å²) in [5.41, 5.74) is 6.25. The average molecular weight is 636 g/mol. The minimum Gasteiger partial charge on any atom is -0.446 e. The van der Waals surface area contributed by atoms with Gasteiger partial charge >= 0.3 is 12.2 Å². The van der Waals surface area contributed by atoms with Gasteiger partial charge in [-0.05, 0) is 13.3 Å². The Balaban J connectivity index is 1.44. The summed E-state index contributed by atoms with van der Waals surface area (Å²) >= 11 is 0. The lowest BCUT2D eigenvalue weighted by Crippen LogP contribution is -2.43. The molecule has 1 aromatic heterocycles. The third-order valence-corrected chi connectivity index (χ3v) is 7.95. The van der Waals surface area contributed by atoms with Crippen LogP contribution in [0.5, 0.6) is 0 Å². The fourth-order valence-corrected chi connectivity index (χ4v) is 5.25. The molecule has 0 spiro atoms. The zero-order valence-corrected chi connectivity index (χ0v) is 28.1. The summed E-state index contributed by atoms with van der Waals surface area (Å²) in [7, 11) is 0. The molecule has 1 aliphatic heterocycles. The van der Waals surface area contributed by atoms with Crippen molar-refractivity contribution in [2.45, 2.75) is 143 Å². The Labute approximate surface area is 270 Å². The van der Waals surface area contributed by atoms with Gasteiger partial charge in [0.15, 0.2) is 12.5 Å². The molecule has 256 valence electrons. The summed E-state index contributed by atoms with van der Waals surface area (Å²) in [6, 6.07) is 5.60. The highest BCUT2D eigenvalue weighted by Gasteiger charge is 2.30. The quantitative estimate of drug-likeness (QED) is 0.0769. The van der Waals surface area contributed by atoms with Crippen LogP contribution in [0.4, 0.5) is 9.59 Å². The molecule has 0 radical (unpaired) electrons. The van der Waals surface area contributed by atoms with Gasteiger partial charge in [-0.2, -0.15) is 0 Å².